The van der Waals surface area contributed by atoms with E-state index in [0.29, 0.717) is 11.6 Å². The van der Waals surface area contributed by atoms with Crippen LogP contribution in [0.15, 0.2) is 12.3 Å². The summed E-state index contributed by atoms with van der Waals surface area (Å²) in [7, 11) is 0. The Labute approximate surface area is 103 Å². The molecule has 0 aliphatic rings. The van der Waals surface area contributed by atoms with E-state index in [0.717, 1.165) is 12.2 Å². The molecule has 1 aromatic rings. The fourth-order valence-electron chi connectivity index (χ4n) is 1.14. The Hall–Kier alpha value is -1.50. The van der Waals surface area contributed by atoms with Crippen molar-refractivity contribution in [3.05, 3.63) is 12.3 Å². The number of carbonyl (C=O) groups excluding carboxylic acids is 1. The number of thioether (sulfide) groups is 1. The van der Waals surface area contributed by atoms with Crippen LogP contribution in [0.5, 0.6) is 0 Å². The number of rotatable bonds is 7. The van der Waals surface area contributed by atoms with E-state index in [4.69, 9.17) is 5.11 Å². The molecule has 0 radical (unpaired) electrons. The molecule has 17 heavy (non-hydrogen) atoms. The molecule has 2 N–H and O–H groups in total. The van der Waals surface area contributed by atoms with Gasteiger partial charge in [-0.2, -0.15) is 16.9 Å². The van der Waals surface area contributed by atoms with Crippen molar-refractivity contribution in [3.8, 4) is 0 Å². The summed E-state index contributed by atoms with van der Waals surface area (Å²) in [6.07, 6.45) is 2.55. The quantitative estimate of drug-likeness (QED) is 0.713. The highest BCUT2D eigenvalue weighted by molar-refractivity contribution is 7.99. The van der Waals surface area contributed by atoms with E-state index in [-0.39, 0.29) is 12.5 Å². The summed E-state index contributed by atoms with van der Waals surface area (Å²) in [5, 5.41) is 15.1. The molecular weight excluding hydrogens is 242 g/mol. The van der Waals surface area contributed by atoms with Crippen LogP contribution in [-0.4, -0.2) is 38.3 Å². The largest absolute Gasteiger partial charge is 0.480 e. The maximum absolute atomic E-state index is 11.4. The molecule has 0 aromatic carbocycles. The molecule has 1 amide bonds. The van der Waals surface area contributed by atoms with E-state index in [1.54, 1.807) is 17.8 Å². The average molecular weight is 257 g/mol. The molecule has 0 bridgehead atoms. The van der Waals surface area contributed by atoms with Crippen molar-refractivity contribution in [2.75, 3.05) is 16.8 Å². The third kappa shape index (κ3) is 5.39. The number of aliphatic carboxylic acids is 1. The van der Waals surface area contributed by atoms with E-state index in [1.807, 2.05) is 0 Å². The Balaban J connectivity index is 2.38. The molecule has 7 heteroatoms. The first-order chi connectivity index (χ1) is 8.11. The summed E-state index contributed by atoms with van der Waals surface area (Å²) in [5.41, 5.74) is 0. The predicted molar refractivity (Wildman–Crippen MR) is 66.1 cm³/mol. The first-order valence-electron chi connectivity index (χ1n) is 5.24. The number of anilines is 1. The normalized spacial score (nSPS) is 10.2. The van der Waals surface area contributed by atoms with Crippen molar-refractivity contribution in [3.63, 3.8) is 0 Å². The number of amides is 1. The van der Waals surface area contributed by atoms with Crippen LogP contribution in [0.4, 0.5) is 5.82 Å². The van der Waals surface area contributed by atoms with Crippen LogP contribution >= 0.6 is 11.8 Å². The SMILES string of the molecule is CCCSCC(=O)Nc1ccn(CC(=O)O)n1. The van der Waals surface area contributed by atoms with Gasteiger partial charge >= 0.3 is 5.97 Å². The van der Waals surface area contributed by atoms with Gasteiger partial charge in [-0.15, -0.1) is 0 Å². The molecule has 0 fully saturated rings. The van der Waals surface area contributed by atoms with Crippen LogP contribution in [0.2, 0.25) is 0 Å². The molecule has 1 aromatic heterocycles. The standard InChI is InChI=1S/C10H15N3O3S/c1-2-5-17-7-9(14)11-8-3-4-13(12-8)6-10(15)16/h3-4H,2,5-7H2,1H3,(H,15,16)(H,11,12,14). The van der Waals surface area contributed by atoms with Gasteiger partial charge in [0.25, 0.3) is 0 Å². The summed E-state index contributed by atoms with van der Waals surface area (Å²) >= 11 is 1.56. The number of aromatic nitrogens is 2. The second-order valence-electron chi connectivity index (χ2n) is 3.39. The predicted octanol–water partition coefficient (Wildman–Crippen LogP) is 1.05. The minimum atomic E-state index is -0.968. The first-order valence-corrected chi connectivity index (χ1v) is 6.40. The smallest absolute Gasteiger partial charge is 0.325 e. The first kappa shape index (κ1) is 13.6. The van der Waals surface area contributed by atoms with Gasteiger partial charge in [-0.05, 0) is 12.2 Å². The monoisotopic (exact) mass is 257 g/mol. The third-order valence-electron chi connectivity index (χ3n) is 1.79. The lowest BCUT2D eigenvalue weighted by Crippen LogP contribution is -2.15. The van der Waals surface area contributed by atoms with Gasteiger partial charge in [0, 0.05) is 12.3 Å². The molecule has 0 saturated carbocycles. The van der Waals surface area contributed by atoms with E-state index >= 15 is 0 Å². The summed E-state index contributed by atoms with van der Waals surface area (Å²) < 4.78 is 1.26. The minimum Gasteiger partial charge on any atom is -0.480 e. The summed E-state index contributed by atoms with van der Waals surface area (Å²) in [6, 6.07) is 1.57. The fourth-order valence-corrected chi connectivity index (χ4v) is 1.83. The van der Waals surface area contributed by atoms with Crippen LogP contribution in [0.1, 0.15) is 13.3 Å². The molecule has 0 aliphatic carbocycles. The summed E-state index contributed by atoms with van der Waals surface area (Å²) in [5.74, 6) is 0.627. The molecule has 0 unspecified atom stereocenters. The molecule has 6 nitrogen and oxygen atoms in total. The van der Waals surface area contributed by atoms with E-state index in [1.165, 1.54) is 10.9 Å². The van der Waals surface area contributed by atoms with Crippen LogP contribution in [0.3, 0.4) is 0 Å². The number of carbonyl (C=O) groups is 2. The van der Waals surface area contributed by atoms with Gasteiger partial charge < -0.3 is 10.4 Å². The lowest BCUT2D eigenvalue weighted by molar-refractivity contribution is -0.137. The Morgan fingerprint density at radius 1 is 1.59 bits per heavy atom. The molecule has 0 spiro atoms. The molecule has 0 atom stereocenters. The van der Waals surface area contributed by atoms with Gasteiger partial charge in [-0.25, -0.2) is 0 Å². The Bertz CT molecular complexity index is 392. The number of carboxylic acids is 1. The highest BCUT2D eigenvalue weighted by Gasteiger charge is 2.06. The number of nitrogens with zero attached hydrogens (tertiary/aromatic N) is 2. The average Bonchev–Trinajstić information content (AvgIpc) is 2.64. The second-order valence-corrected chi connectivity index (χ2v) is 4.50. The summed E-state index contributed by atoms with van der Waals surface area (Å²) in [6.45, 7) is 1.85. The molecule has 1 rings (SSSR count). The Morgan fingerprint density at radius 3 is 3.00 bits per heavy atom. The van der Waals surface area contributed by atoms with E-state index in [2.05, 4.69) is 17.3 Å². The van der Waals surface area contributed by atoms with Crippen LogP contribution in [0.25, 0.3) is 0 Å². The van der Waals surface area contributed by atoms with E-state index in [9.17, 15) is 9.59 Å². The van der Waals surface area contributed by atoms with Gasteiger partial charge in [-0.3, -0.25) is 14.3 Å². The lowest BCUT2D eigenvalue weighted by Gasteiger charge is -2.01. The van der Waals surface area contributed by atoms with Gasteiger partial charge in [0.2, 0.25) is 5.91 Å². The van der Waals surface area contributed by atoms with Crippen molar-refractivity contribution in [2.24, 2.45) is 0 Å². The highest BCUT2D eigenvalue weighted by Crippen LogP contribution is 2.06. The summed E-state index contributed by atoms with van der Waals surface area (Å²) in [4.78, 5) is 21.8. The Morgan fingerprint density at radius 2 is 2.35 bits per heavy atom. The number of hydrogen-bond acceptors (Lipinski definition) is 4. The van der Waals surface area contributed by atoms with Crippen molar-refractivity contribution >= 4 is 29.5 Å². The van der Waals surface area contributed by atoms with Gasteiger partial charge in [0.1, 0.15) is 6.54 Å². The molecule has 0 saturated heterocycles. The zero-order chi connectivity index (χ0) is 12.7. The van der Waals surface area contributed by atoms with Crippen molar-refractivity contribution in [1.29, 1.82) is 0 Å². The van der Waals surface area contributed by atoms with Crippen molar-refractivity contribution in [2.45, 2.75) is 19.9 Å². The number of hydrogen-bond donors (Lipinski definition) is 2. The number of carboxylic acid groups (broad SMARTS) is 1. The van der Waals surface area contributed by atoms with Crippen LogP contribution in [-0.2, 0) is 16.1 Å². The molecule has 94 valence electrons. The Kier molecular flexibility index (Phi) is 5.55. The highest BCUT2D eigenvalue weighted by atomic mass is 32.2. The third-order valence-corrected chi connectivity index (χ3v) is 2.95. The maximum atomic E-state index is 11.4. The fraction of sp³-hybridized carbons (Fsp3) is 0.500. The van der Waals surface area contributed by atoms with Crippen LogP contribution in [0, 0.1) is 0 Å². The topological polar surface area (TPSA) is 84.2 Å². The van der Waals surface area contributed by atoms with Gasteiger partial charge in [-0.1, -0.05) is 6.92 Å². The van der Waals surface area contributed by atoms with Crippen molar-refractivity contribution in [1.82, 2.24) is 9.78 Å². The van der Waals surface area contributed by atoms with Gasteiger partial charge in [0.05, 0.1) is 5.75 Å². The minimum absolute atomic E-state index is 0.121. The zero-order valence-electron chi connectivity index (χ0n) is 9.55. The van der Waals surface area contributed by atoms with Gasteiger partial charge in [0.15, 0.2) is 5.82 Å². The number of nitrogens with one attached hydrogen (secondary N) is 1. The molecular formula is C10H15N3O3S. The van der Waals surface area contributed by atoms with Crippen molar-refractivity contribution < 1.29 is 14.7 Å². The maximum Gasteiger partial charge on any atom is 0.325 e. The zero-order valence-corrected chi connectivity index (χ0v) is 10.4. The van der Waals surface area contributed by atoms with E-state index < -0.39 is 5.97 Å². The lowest BCUT2D eigenvalue weighted by atomic mass is 10.6. The van der Waals surface area contributed by atoms with Crippen LogP contribution < -0.4 is 5.32 Å². The molecule has 0 aliphatic heterocycles. The second kappa shape index (κ2) is 6.95. The molecule has 1 heterocycles.